The van der Waals surface area contributed by atoms with Gasteiger partial charge in [-0.3, -0.25) is 4.79 Å². The van der Waals surface area contributed by atoms with Crippen LogP contribution in [-0.2, 0) is 0 Å². The molecule has 0 aliphatic carbocycles. The van der Waals surface area contributed by atoms with Crippen LogP contribution >= 0.6 is 0 Å². The number of hydrogen-bond donors (Lipinski definition) is 3. The van der Waals surface area contributed by atoms with Crippen molar-refractivity contribution in [3.63, 3.8) is 0 Å². The molecule has 1 aromatic rings. The Morgan fingerprint density at radius 3 is 2.53 bits per heavy atom. The van der Waals surface area contributed by atoms with Crippen molar-refractivity contribution < 1.29 is 15.0 Å². The molecule has 0 saturated carbocycles. The SMILES string of the molecule is CCC(CO)(CO)NC(=O)c1cccc(C)n1. The first-order valence-electron chi connectivity index (χ1n) is 5.55. The first-order chi connectivity index (χ1) is 8.06. The zero-order valence-corrected chi connectivity index (χ0v) is 10.1. The number of aliphatic hydroxyl groups excluding tert-OH is 2. The van der Waals surface area contributed by atoms with Gasteiger partial charge in [-0.25, -0.2) is 4.98 Å². The number of pyridine rings is 1. The lowest BCUT2D eigenvalue weighted by atomic mass is 9.98. The van der Waals surface area contributed by atoms with Crippen LogP contribution in [0, 0.1) is 6.92 Å². The number of rotatable bonds is 5. The standard InChI is InChI=1S/C12H18N2O3/c1-3-12(7-15,8-16)14-11(17)10-6-4-5-9(2)13-10/h4-6,15-16H,3,7-8H2,1-2H3,(H,14,17). The van der Waals surface area contributed by atoms with E-state index in [0.29, 0.717) is 6.42 Å². The van der Waals surface area contributed by atoms with Crippen molar-refractivity contribution in [1.82, 2.24) is 10.3 Å². The number of carbonyl (C=O) groups excluding carboxylic acids is 1. The minimum Gasteiger partial charge on any atom is -0.394 e. The third-order valence-corrected chi connectivity index (χ3v) is 2.78. The maximum absolute atomic E-state index is 11.9. The van der Waals surface area contributed by atoms with E-state index in [9.17, 15) is 15.0 Å². The van der Waals surface area contributed by atoms with Gasteiger partial charge in [0.05, 0.1) is 18.8 Å². The number of carbonyl (C=O) groups is 1. The second kappa shape index (κ2) is 5.75. The maximum atomic E-state index is 11.9. The Morgan fingerprint density at radius 2 is 2.06 bits per heavy atom. The Morgan fingerprint density at radius 1 is 1.41 bits per heavy atom. The summed E-state index contributed by atoms with van der Waals surface area (Å²) in [5.41, 5.74) is 0.0418. The van der Waals surface area contributed by atoms with Crippen molar-refractivity contribution in [2.24, 2.45) is 0 Å². The van der Waals surface area contributed by atoms with E-state index in [1.165, 1.54) is 0 Å². The third kappa shape index (κ3) is 3.25. The molecule has 0 atom stereocenters. The summed E-state index contributed by atoms with van der Waals surface area (Å²) < 4.78 is 0. The van der Waals surface area contributed by atoms with Crippen molar-refractivity contribution in [3.8, 4) is 0 Å². The quantitative estimate of drug-likeness (QED) is 0.687. The Labute approximate surface area is 101 Å². The normalized spacial score (nSPS) is 11.3. The predicted molar refractivity (Wildman–Crippen MR) is 63.6 cm³/mol. The number of nitrogens with zero attached hydrogens (tertiary/aromatic N) is 1. The van der Waals surface area contributed by atoms with Gasteiger partial charge in [0.2, 0.25) is 0 Å². The average molecular weight is 238 g/mol. The zero-order chi connectivity index (χ0) is 12.9. The van der Waals surface area contributed by atoms with Crippen LogP contribution in [0.15, 0.2) is 18.2 Å². The summed E-state index contributed by atoms with van der Waals surface area (Å²) in [4.78, 5) is 16.0. The molecular formula is C12H18N2O3. The van der Waals surface area contributed by atoms with Gasteiger partial charge in [-0.1, -0.05) is 13.0 Å². The summed E-state index contributed by atoms with van der Waals surface area (Å²) in [6.07, 6.45) is 0.442. The van der Waals surface area contributed by atoms with Crippen LogP contribution in [0.2, 0.25) is 0 Å². The summed E-state index contributed by atoms with van der Waals surface area (Å²) in [6.45, 7) is 2.97. The molecule has 1 aromatic heterocycles. The van der Waals surface area contributed by atoms with Gasteiger partial charge >= 0.3 is 0 Å². The highest BCUT2D eigenvalue weighted by Crippen LogP contribution is 2.10. The van der Waals surface area contributed by atoms with Gasteiger partial charge in [0, 0.05) is 5.69 Å². The first kappa shape index (κ1) is 13.6. The molecule has 1 amide bonds. The smallest absolute Gasteiger partial charge is 0.270 e. The highest BCUT2D eigenvalue weighted by Gasteiger charge is 2.29. The number of amides is 1. The molecule has 0 fully saturated rings. The van der Waals surface area contributed by atoms with Crippen molar-refractivity contribution in [2.75, 3.05) is 13.2 Å². The van der Waals surface area contributed by atoms with E-state index in [1.807, 2.05) is 0 Å². The van der Waals surface area contributed by atoms with E-state index in [-0.39, 0.29) is 18.9 Å². The van der Waals surface area contributed by atoms with Crippen LogP contribution in [0.1, 0.15) is 29.5 Å². The van der Waals surface area contributed by atoms with Gasteiger partial charge in [-0.05, 0) is 25.5 Å². The van der Waals surface area contributed by atoms with Crippen LogP contribution in [0.3, 0.4) is 0 Å². The fourth-order valence-electron chi connectivity index (χ4n) is 1.42. The van der Waals surface area contributed by atoms with Crippen LogP contribution in [0.25, 0.3) is 0 Å². The summed E-state index contributed by atoms with van der Waals surface area (Å²) >= 11 is 0. The summed E-state index contributed by atoms with van der Waals surface area (Å²) in [7, 11) is 0. The molecule has 5 heteroatoms. The van der Waals surface area contributed by atoms with Crippen molar-refractivity contribution in [2.45, 2.75) is 25.8 Å². The van der Waals surface area contributed by atoms with Crippen LogP contribution in [0.5, 0.6) is 0 Å². The molecule has 0 spiro atoms. The van der Waals surface area contributed by atoms with Gasteiger partial charge < -0.3 is 15.5 Å². The van der Waals surface area contributed by atoms with E-state index in [2.05, 4.69) is 10.3 Å². The summed E-state index contributed by atoms with van der Waals surface area (Å²) in [5, 5.41) is 21.1. The van der Waals surface area contributed by atoms with Gasteiger partial charge in [0.15, 0.2) is 0 Å². The average Bonchev–Trinajstić information content (AvgIpc) is 2.36. The molecule has 1 heterocycles. The second-order valence-corrected chi connectivity index (χ2v) is 4.07. The van der Waals surface area contributed by atoms with E-state index in [1.54, 1.807) is 32.0 Å². The highest BCUT2D eigenvalue weighted by molar-refractivity contribution is 5.92. The van der Waals surface area contributed by atoms with Crippen molar-refractivity contribution in [3.05, 3.63) is 29.6 Å². The molecule has 0 aliphatic heterocycles. The molecule has 0 aliphatic rings. The highest BCUT2D eigenvalue weighted by atomic mass is 16.3. The fraction of sp³-hybridized carbons (Fsp3) is 0.500. The number of hydrogen-bond acceptors (Lipinski definition) is 4. The molecule has 1 rings (SSSR count). The molecule has 94 valence electrons. The Kier molecular flexibility index (Phi) is 4.60. The van der Waals surface area contributed by atoms with Gasteiger partial charge in [0.1, 0.15) is 5.69 Å². The molecule has 0 unspecified atom stereocenters. The first-order valence-corrected chi connectivity index (χ1v) is 5.55. The minimum absolute atomic E-state index is 0.282. The van der Waals surface area contributed by atoms with Gasteiger partial charge in [0.25, 0.3) is 5.91 Å². The van der Waals surface area contributed by atoms with Gasteiger partial charge in [-0.2, -0.15) is 0 Å². The topological polar surface area (TPSA) is 82.5 Å². The third-order valence-electron chi connectivity index (χ3n) is 2.78. The molecule has 0 radical (unpaired) electrons. The Balaban J connectivity index is 2.84. The zero-order valence-electron chi connectivity index (χ0n) is 10.1. The lowest BCUT2D eigenvalue weighted by molar-refractivity contribution is 0.0649. The Bertz CT molecular complexity index is 381. The molecule has 3 N–H and O–H groups in total. The molecular weight excluding hydrogens is 220 g/mol. The largest absolute Gasteiger partial charge is 0.394 e. The van der Waals surface area contributed by atoms with E-state index >= 15 is 0 Å². The number of aromatic nitrogens is 1. The summed E-state index contributed by atoms with van der Waals surface area (Å²) in [5.74, 6) is -0.390. The lowest BCUT2D eigenvalue weighted by Gasteiger charge is -2.29. The van der Waals surface area contributed by atoms with E-state index in [4.69, 9.17) is 0 Å². The number of aryl methyl sites for hydroxylation is 1. The van der Waals surface area contributed by atoms with Crippen LogP contribution in [-0.4, -0.2) is 39.9 Å². The molecule has 0 aromatic carbocycles. The summed E-state index contributed by atoms with van der Waals surface area (Å²) in [6, 6.07) is 5.13. The molecule has 17 heavy (non-hydrogen) atoms. The van der Waals surface area contributed by atoms with Crippen molar-refractivity contribution >= 4 is 5.91 Å². The van der Waals surface area contributed by atoms with E-state index in [0.717, 1.165) is 5.69 Å². The molecule has 0 saturated heterocycles. The molecule has 5 nitrogen and oxygen atoms in total. The van der Waals surface area contributed by atoms with Crippen molar-refractivity contribution in [1.29, 1.82) is 0 Å². The fourth-order valence-corrected chi connectivity index (χ4v) is 1.42. The Hall–Kier alpha value is -1.46. The number of nitrogens with one attached hydrogen (secondary N) is 1. The van der Waals surface area contributed by atoms with E-state index < -0.39 is 11.4 Å². The molecule has 0 bridgehead atoms. The van der Waals surface area contributed by atoms with Crippen LogP contribution < -0.4 is 5.32 Å². The maximum Gasteiger partial charge on any atom is 0.270 e. The predicted octanol–water partition coefficient (Wildman–Crippen LogP) is 0.253. The van der Waals surface area contributed by atoms with Gasteiger partial charge in [-0.15, -0.1) is 0 Å². The number of aliphatic hydroxyl groups is 2. The lowest BCUT2D eigenvalue weighted by Crippen LogP contribution is -2.54. The monoisotopic (exact) mass is 238 g/mol. The second-order valence-electron chi connectivity index (χ2n) is 4.07. The van der Waals surface area contributed by atoms with Crippen LogP contribution in [0.4, 0.5) is 0 Å². The minimum atomic E-state index is -0.984.